The van der Waals surface area contributed by atoms with Crippen molar-refractivity contribution >= 4 is 33.2 Å². The van der Waals surface area contributed by atoms with E-state index >= 15 is 0 Å². The minimum atomic E-state index is -0.531. The van der Waals surface area contributed by atoms with Crippen molar-refractivity contribution in [2.75, 3.05) is 36.5 Å². The molecular weight excluding hydrogens is 310 g/mol. The van der Waals surface area contributed by atoms with Gasteiger partial charge in [0.15, 0.2) is 0 Å². The molecular formula is C13H18BrN3O2. The maximum atomic E-state index is 11.8. The fourth-order valence-electron chi connectivity index (χ4n) is 1.93. The minimum Gasteiger partial charge on any atom is -0.378 e. The summed E-state index contributed by atoms with van der Waals surface area (Å²) in [4.78, 5) is 14.0. The van der Waals surface area contributed by atoms with E-state index in [1.54, 1.807) is 6.92 Å². The summed E-state index contributed by atoms with van der Waals surface area (Å²) in [5.41, 5.74) is 7.37. The monoisotopic (exact) mass is 327 g/mol. The molecule has 19 heavy (non-hydrogen) atoms. The highest BCUT2D eigenvalue weighted by Crippen LogP contribution is 2.30. The van der Waals surface area contributed by atoms with Crippen molar-refractivity contribution in [1.82, 2.24) is 0 Å². The first kappa shape index (κ1) is 14.3. The highest BCUT2D eigenvalue weighted by molar-refractivity contribution is 9.10. The zero-order valence-electron chi connectivity index (χ0n) is 10.9. The number of hydrogen-bond donors (Lipinski definition) is 2. The molecule has 0 bridgehead atoms. The molecule has 5 nitrogen and oxygen atoms in total. The van der Waals surface area contributed by atoms with Gasteiger partial charge in [0.1, 0.15) is 0 Å². The van der Waals surface area contributed by atoms with Crippen LogP contribution in [-0.2, 0) is 9.53 Å². The topological polar surface area (TPSA) is 67.6 Å². The number of carbonyl (C=O) groups excluding carboxylic acids is 1. The van der Waals surface area contributed by atoms with Gasteiger partial charge in [-0.1, -0.05) is 15.9 Å². The Morgan fingerprint density at radius 3 is 2.79 bits per heavy atom. The predicted molar refractivity (Wildman–Crippen MR) is 79.5 cm³/mol. The molecule has 1 heterocycles. The van der Waals surface area contributed by atoms with Gasteiger partial charge in [-0.2, -0.15) is 0 Å². The van der Waals surface area contributed by atoms with Gasteiger partial charge in [-0.15, -0.1) is 0 Å². The van der Waals surface area contributed by atoms with Crippen LogP contribution in [-0.4, -0.2) is 38.3 Å². The number of rotatable bonds is 3. The van der Waals surface area contributed by atoms with E-state index in [9.17, 15) is 4.79 Å². The van der Waals surface area contributed by atoms with Gasteiger partial charge in [-0.3, -0.25) is 4.79 Å². The molecule has 1 aromatic carbocycles. The van der Waals surface area contributed by atoms with E-state index in [1.165, 1.54) is 0 Å². The average molecular weight is 328 g/mol. The van der Waals surface area contributed by atoms with Crippen LogP contribution >= 0.6 is 15.9 Å². The van der Waals surface area contributed by atoms with E-state index in [0.717, 1.165) is 28.9 Å². The fraction of sp³-hybridized carbons (Fsp3) is 0.462. The first-order valence-corrected chi connectivity index (χ1v) is 7.06. The molecule has 1 amide bonds. The largest absolute Gasteiger partial charge is 0.378 e. The van der Waals surface area contributed by atoms with Crippen molar-refractivity contribution in [2.45, 2.75) is 13.0 Å². The number of morpholine rings is 1. The molecule has 1 atom stereocenters. The normalized spacial score (nSPS) is 17.1. The first-order valence-electron chi connectivity index (χ1n) is 6.26. The van der Waals surface area contributed by atoms with Crippen LogP contribution in [0.2, 0.25) is 0 Å². The van der Waals surface area contributed by atoms with Gasteiger partial charge in [0, 0.05) is 17.6 Å². The van der Waals surface area contributed by atoms with Gasteiger partial charge in [-0.25, -0.2) is 0 Å². The zero-order chi connectivity index (χ0) is 13.8. The lowest BCUT2D eigenvalue weighted by atomic mass is 10.2. The van der Waals surface area contributed by atoms with Crippen LogP contribution in [0.15, 0.2) is 22.7 Å². The second kappa shape index (κ2) is 6.36. The van der Waals surface area contributed by atoms with Crippen molar-refractivity contribution in [2.24, 2.45) is 5.73 Å². The van der Waals surface area contributed by atoms with Crippen molar-refractivity contribution < 1.29 is 9.53 Å². The molecule has 1 aromatic rings. The number of ether oxygens (including phenoxy) is 1. The van der Waals surface area contributed by atoms with Gasteiger partial charge in [0.25, 0.3) is 0 Å². The Kier molecular flexibility index (Phi) is 4.79. The molecule has 1 fully saturated rings. The summed E-state index contributed by atoms with van der Waals surface area (Å²) >= 11 is 3.42. The van der Waals surface area contributed by atoms with E-state index in [2.05, 4.69) is 26.1 Å². The Balaban J connectivity index is 2.24. The summed E-state index contributed by atoms with van der Waals surface area (Å²) in [6, 6.07) is 5.32. The number of nitrogens with two attached hydrogens (primary N) is 1. The zero-order valence-corrected chi connectivity index (χ0v) is 12.4. The minimum absolute atomic E-state index is 0.187. The lowest BCUT2D eigenvalue weighted by Gasteiger charge is -2.30. The first-order chi connectivity index (χ1) is 9.08. The molecule has 104 valence electrons. The number of nitrogens with zero attached hydrogens (tertiary/aromatic N) is 1. The Morgan fingerprint density at radius 2 is 2.16 bits per heavy atom. The van der Waals surface area contributed by atoms with Gasteiger partial charge in [0.05, 0.1) is 30.6 Å². The summed E-state index contributed by atoms with van der Waals surface area (Å²) in [6.45, 7) is 4.72. The van der Waals surface area contributed by atoms with Crippen LogP contribution in [0.5, 0.6) is 0 Å². The van der Waals surface area contributed by atoms with Gasteiger partial charge >= 0.3 is 0 Å². The number of hydrogen-bond acceptors (Lipinski definition) is 4. The Morgan fingerprint density at radius 1 is 1.47 bits per heavy atom. The number of carbonyl (C=O) groups is 1. The fourth-order valence-corrected chi connectivity index (χ4v) is 2.30. The quantitative estimate of drug-likeness (QED) is 0.884. The Labute approximate surface area is 121 Å². The van der Waals surface area contributed by atoms with Crippen LogP contribution < -0.4 is 16.0 Å². The Hall–Kier alpha value is -1.11. The van der Waals surface area contributed by atoms with Crippen molar-refractivity contribution in [3.8, 4) is 0 Å². The molecule has 3 N–H and O–H groups in total. The number of anilines is 2. The maximum Gasteiger partial charge on any atom is 0.241 e. The van der Waals surface area contributed by atoms with Crippen LogP contribution in [0.4, 0.5) is 11.4 Å². The third-order valence-electron chi connectivity index (χ3n) is 2.98. The van der Waals surface area contributed by atoms with E-state index in [1.807, 2.05) is 18.2 Å². The average Bonchev–Trinajstić information content (AvgIpc) is 2.39. The molecule has 0 aromatic heterocycles. The standard InChI is InChI=1S/C13H18BrN3O2/c1-9(15)13(18)16-11-8-10(14)2-3-12(11)17-4-6-19-7-5-17/h2-3,8-9H,4-7,15H2,1H3,(H,16,18). The lowest BCUT2D eigenvalue weighted by Crippen LogP contribution is -2.37. The summed E-state index contributed by atoms with van der Waals surface area (Å²) in [5.74, 6) is -0.187. The van der Waals surface area contributed by atoms with Gasteiger partial charge in [0.2, 0.25) is 5.91 Å². The van der Waals surface area contributed by atoms with Gasteiger partial charge in [-0.05, 0) is 25.1 Å². The third-order valence-corrected chi connectivity index (χ3v) is 3.48. The molecule has 0 aliphatic carbocycles. The molecule has 0 spiro atoms. The third kappa shape index (κ3) is 3.68. The number of halogens is 1. The number of benzene rings is 1. The summed E-state index contributed by atoms with van der Waals surface area (Å²) < 4.78 is 6.27. The Bertz CT molecular complexity index is 459. The van der Waals surface area contributed by atoms with Crippen LogP contribution in [0, 0.1) is 0 Å². The van der Waals surface area contributed by atoms with Crippen LogP contribution in [0.3, 0.4) is 0 Å². The smallest absolute Gasteiger partial charge is 0.241 e. The number of nitrogens with one attached hydrogen (secondary N) is 1. The van der Waals surface area contributed by atoms with E-state index in [-0.39, 0.29) is 5.91 Å². The van der Waals surface area contributed by atoms with Gasteiger partial charge < -0.3 is 20.7 Å². The molecule has 6 heteroatoms. The maximum absolute atomic E-state index is 11.8. The predicted octanol–water partition coefficient (Wildman–Crippen LogP) is 1.57. The molecule has 0 saturated carbocycles. The molecule has 2 rings (SSSR count). The van der Waals surface area contributed by atoms with Crippen molar-refractivity contribution in [1.29, 1.82) is 0 Å². The second-order valence-corrected chi connectivity index (χ2v) is 5.45. The molecule has 0 radical (unpaired) electrons. The summed E-state index contributed by atoms with van der Waals surface area (Å²) in [5, 5.41) is 2.87. The molecule has 1 saturated heterocycles. The highest BCUT2D eigenvalue weighted by atomic mass is 79.9. The van der Waals surface area contributed by atoms with E-state index in [0.29, 0.717) is 13.2 Å². The molecule has 1 aliphatic heterocycles. The molecule has 1 aliphatic rings. The number of amides is 1. The SMILES string of the molecule is CC(N)C(=O)Nc1cc(Br)ccc1N1CCOCC1. The molecule has 1 unspecified atom stereocenters. The van der Waals surface area contributed by atoms with Crippen LogP contribution in [0.25, 0.3) is 0 Å². The van der Waals surface area contributed by atoms with Crippen LogP contribution in [0.1, 0.15) is 6.92 Å². The second-order valence-electron chi connectivity index (χ2n) is 4.54. The summed E-state index contributed by atoms with van der Waals surface area (Å²) in [7, 11) is 0. The highest BCUT2D eigenvalue weighted by Gasteiger charge is 2.17. The van der Waals surface area contributed by atoms with E-state index in [4.69, 9.17) is 10.5 Å². The van der Waals surface area contributed by atoms with Crippen molar-refractivity contribution in [3.63, 3.8) is 0 Å². The lowest BCUT2D eigenvalue weighted by molar-refractivity contribution is -0.117. The van der Waals surface area contributed by atoms with Crippen molar-refractivity contribution in [3.05, 3.63) is 22.7 Å². The summed E-state index contributed by atoms with van der Waals surface area (Å²) in [6.07, 6.45) is 0. The van der Waals surface area contributed by atoms with E-state index < -0.39 is 6.04 Å².